The number of aliphatic hydroxyl groups is 1. The Kier molecular flexibility index (Phi) is 5.70. The third kappa shape index (κ3) is 4.56. The lowest BCUT2D eigenvalue weighted by Crippen LogP contribution is -2.42. The fourth-order valence-corrected chi connectivity index (χ4v) is 3.52. The molecule has 0 spiro atoms. The Morgan fingerprint density at radius 2 is 1.68 bits per heavy atom. The molecule has 0 unspecified atom stereocenters. The van der Waals surface area contributed by atoms with E-state index >= 15 is 0 Å². The van der Waals surface area contributed by atoms with E-state index in [0.717, 1.165) is 35.8 Å². The van der Waals surface area contributed by atoms with E-state index < -0.39 is 5.60 Å². The van der Waals surface area contributed by atoms with Crippen LogP contribution in [0.2, 0.25) is 10.0 Å². The Morgan fingerprint density at radius 3 is 2.36 bits per heavy atom. The summed E-state index contributed by atoms with van der Waals surface area (Å²) in [5, 5.41) is 12.3. The minimum atomic E-state index is -0.897. The lowest BCUT2D eigenvalue weighted by Gasteiger charge is -2.38. The third-order valence-corrected chi connectivity index (χ3v) is 5.23. The van der Waals surface area contributed by atoms with Crippen molar-refractivity contribution in [1.82, 2.24) is 4.90 Å². The third-order valence-electron chi connectivity index (χ3n) is 4.74. The molecule has 0 aromatic heterocycles. The van der Waals surface area contributed by atoms with Gasteiger partial charge in [0.2, 0.25) is 0 Å². The molecule has 25 heavy (non-hydrogen) atoms. The second-order valence-corrected chi connectivity index (χ2v) is 7.39. The van der Waals surface area contributed by atoms with Crippen molar-refractivity contribution in [3.8, 4) is 0 Å². The molecular formula is C20H22Cl2N2O. The summed E-state index contributed by atoms with van der Waals surface area (Å²) in [5.41, 5.74) is 7.62. The van der Waals surface area contributed by atoms with E-state index in [9.17, 15) is 5.11 Å². The number of rotatable bonds is 4. The number of anilines is 1. The van der Waals surface area contributed by atoms with Crippen molar-refractivity contribution < 1.29 is 5.11 Å². The Hall–Kier alpha value is -1.52. The zero-order valence-corrected chi connectivity index (χ0v) is 15.5. The van der Waals surface area contributed by atoms with Gasteiger partial charge in [0.25, 0.3) is 0 Å². The van der Waals surface area contributed by atoms with Gasteiger partial charge in [-0.15, -0.1) is 0 Å². The molecule has 0 aliphatic carbocycles. The number of likely N-dealkylation sites (tertiary alicyclic amines) is 1. The van der Waals surface area contributed by atoms with E-state index in [1.807, 2.05) is 24.3 Å². The molecule has 0 atom stereocenters. The van der Waals surface area contributed by atoms with Gasteiger partial charge in [-0.3, -0.25) is 4.90 Å². The van der Waals surface area contributed by atoms with Gasteiger partial charge in [-0.05, 0) is 48.7 Å². The number of nitrogens with zero attached hydrogens (tertiary/aromatic N) is 1. The molecule has 1 aliphatic rings. The Bertz CT molecular complexity index is 751. The lowest BCUT2D eigenvalue weighted by atomic mass is 9.83. The standard InChI is InChI=1S/C20H22Cl2N2O/c21-16-5-3-15(4-6-16)2-1-11-24-12-9-20(25,10-13-24)18-14-17(22)7-8-19(18)23/h1-8,14,25H,9-13,23H2. The van der Waals surface area contributed by atoms with Gasteiger partial charge in [-0.2, -0.15) is 0 Å². The summed E-state index contributed by atoms with van der Waals surface area (Å²) in [6.45, 7) is 2.48. The monoisotopic (exact) mass is 376 g/mol. The van der Waals surface area contributed by atoms with Gasteiger partial charge in [0.05, 0.1) is 5.60 Å². The van der Waals surface area contributed by atoms with Crippen LogP contribution in [0.25, 0.3) is 6.08 Å². The molecule has 1 fully saturated rings. The zero-order valence-electron chi connectivity index (χ0n) is 14.0. The zero-order chi connectivity index (χ0) is 17.9. The number of piperidine rings is 1. The van der Waals surface area contributed by atoms with Crippen LogP contribution in [0.5, 0.6) is 0 Å². The Labute approximate surface area is 158 Å². The van der Waals surface area contributed by atoms with Crippen LogP contribution in [0.15, 0.2) is 48.5 Å². The number of halogens is 2. The quantitative estimate of drug-likeness (QED) is 0.768. The molecule has 0 saturated carbocycles. The summed E-state index contributed by atoms with van der Waals surface area (Å²) < 4.78 is 0. The van der Waals surface area contributed by atoms with Crippen molar-refractivity contribution in [3.63, 3.8) is 0 Å². The molecule has 2 aromatic carbocycles. The normalized spacial score (nSPS) is 17.9. The summed E-state index contributed by atoms with van der Waals surface area (Å²) in [7, 11) is 0. The fourth-order valence-electron chi connectivity index (χ4n) is 3.22. The summed E-state index contributed by atoms with van der Waals surface area (Å²) in [6, 6.07) is 13.1. The molecule has 3 nitrogen and oxygen atoms in total. The minimum absolute atomic E-state index is 0.600. The molecule has 0 amide bonds. The van der Waals surface area contributed by atoms with E-state index in [1.165, 1.54) is 0 Å². The summed E-state index contributed by atoms with van der Waals surface area (Å²) >= 11 is 12.0. The average Bonchev–Trinajstić information content (AvgIpc) is 2.60. The summed E-state index contributed by atoms with van der Waals surface area (Å²) in [5.74, 6) is 0. The first-order valence-corrected chi connectivity index (χ1v) is 9.14. The van der Waals surface area contributed by atoms with Gasteiger partial charge >= 0.3 is 0 Å². The van der Waals surface area contributed by atoms with Crippen molar-refractivity contribution in [2.75, 3.05) is 25.4 Å². The first kappa shape index (κ1) is 18.3. The van der Waals surface area contributed by atoms with Crippen LogP contribution in [0.3, 0.4) is 0 Å². The van der Waals surface area contributed by atoms with Crippen LogP contribution in [0.4, 0.5) is 5.69 Å². The van der Waals surface area contributed by atoms with Crippen molar-refractivity contribution in [2.24, 2.45) is 0 Å². The molecule has 3 N–H and O–H groups in total. The molecule has 1 heterocycles. The summed E-state index contributed by atoms with van der Waals surface area (Å²) in [6.07, 6.45) is 5.52. The smallest absolute Gasteiger partial charge is 0.0941 e. The van der Waals surface area contributed by atoms with Crippen LogP contribution >= 0.6 is 23.2 Å². The highest BCUT2D eigenvalue weighted by atomic mass is 35.5. The maximum Gasteiger partial charge on any atom is 0.0941 e. The van der Waals surface area contributed by atoms with Crippen LogP contribution in [0, 0.1) is 0 Å². The molecular weight excluding hydrogens is 355 g/mol. The molecule has 132 valence electrons. The molecule has 1 aliphatic heterocycles. The number of hydrogen-bond acceptors (Lipinski definition) is 3. The second-order valence-electron chi connectivity index (χ2n) is 6.52. The largest absolute Gasteiger partial charge is 0.398 e. The molecule has 0 radical (unpaired) electrons. The van der Waals surface area contributed by atoms with Gasteiger partial charge in [0.15, 0.2) is 0 Å². The number of nitrogen functional groups attached to an aromatic ring is 1. The highest BCUT2D eigenvalue weighted by Crippen LogP contribution is 2.37. The lowest BCUT2D eigenvalue weighted by molar-refractivity contribution is -0.0227. The summed E-state index contributed by atoms with van der Waals surface area (Å²) in [4.78, 5) is 2.32. The van der Waals surface area contributed by atoms with E-state index in [2.05, 4.69) is 17.1 Å². The van der Waals surface area contributed by atoms with E-state index in [0.29, 0.717) is 23.6 Å². The van der Waals surface area contributed by atoms with Crippen LogP contribution < -0.4 is 5.73 Å². The average molecular weight is 377 g/mol. The Balaban J connectivity index is 1.58. The highest BCUT2D eigenvalue weighted by molar-refractivity contribution is 6.31. The van der Waals surface area contributed by atoms with Crippen molar-refractivity contribution >= 4 is 35.0 Å². The van der Waals surface area contributed by atoms with Crippen LogP contribution in [-0.2, 0) is 5.60 Å². The molecule has 0 bridgehead atoms. The van der Waals surface area contributed by atoms with E-state index in [-0.39, 0.29) is 0 Å². The van der Waals surface area contributed by atoms with Crippen molar-refractivity contribution in [2.45, 2.75) is 18.4 Å². The second kappa shape index (κ2) is 7.79. The van der Waals surface area contributed by atoms with Gasteiger partial charge in [0, 0.05) is 40.9 Å². The van der Waals surface area contributed by atoms with Crippen molar-refractivity contribution in [3.05, 3.63) is 69.7 Å². The molecule has 1 saturated heterocycles. The van der Waals surface area contributed by atoms with Gasteiger partial charge in [0.1, 0.15) is 0 Å². The number of nitrogens with two attached hydrogens (primary N) is 1. The Morgan fingerprint density at radius 1 is 1.04 bits per heavy atom. The first-order chi connectivity index (χ1) is 12.0. The van der Waals surface area contributed by atoms with Crippen LogP contribution in [-0.4, -0.2) is 29.6 Å². The molecule has 3 rings (SSSR count). The van der Waals surface area contributed by atoms with E-state index in [4.69, 9.17) is 28.9 Å². The van der Waals surface area contributed by atoms with Gasteiger partial charge < -0.3 is 10.8 Å². The van der Waals surface area contributed by atoms with Gasteiger partial charge in [-0.1, -0.05) is 47.5 Å². The maximum absolute atomic E-state index is 11.0. The minimum Gasteiger partial charge on any atom is -0.398 e. The van der Waals surface area contributed by atoms with E-state index in [1.54, 1.807) is 18.2 Å². The molecule has 5 heteroatoms. The highest BCUT2D eigenvalue weighted by Gasteiger charge is 2.35. The predicted octanol–water partition coefficient (Wildman–Crippen LogP) is 4.57. The fraction of sp³-hybridized carbons (Fsp3) is 0.300. The van der Waals surface area contributed by atoms with Crippen LogP contribution in [0.1, 0.15) is 24.0 Å². The maximum atomic E-state index is 11.0. The topological polar surface area (TPSA) is 49.5 Å². The predicted molar refractivity (Wildman–Crippen MR) is 106 cm³/mol. The SMILES string of the molecule is Nc1ccc(Cl)cc1C1(O)CCN(CC=Cc2ccc(Cl)cc2)CC1. The number of hydrogen-bond donors (Lipinski definition) is 2. The molecule has 2 aromatic rings. The number of benzene rings is 2. The van der Waals surface area contributed by atoms with Crippen molar-refractivity contribution in [1.29, 1.82) is 0 Å². The first-order valence-electron chi connectivity index (χ1n) is 8.39. The van der Waals surface area contributed by atoms with Gasteiger partial charge in [-0.25, -0.2) is 0 Å².